The predicted molar refractivity (Wildman–Crippen MR) is 157 cm³/mol. The lowest BCUT2D eigenvalue weighted by atomic mass is 10.0. The second kappa shape index (κ2) is 9.79. The van der Waals surface area contributed by atoms with Crippen molar-refractivity contribution in [3.63, 3.8) is 0 Å². The first kappa shape index (κ1) is 22.8. The summed E-state index contributed by atoms with van der Waals surface area (Å²) in [4.78, 5) is 7.09. The summed E-state index contributed by atoms with van der Waals surface area (Å²) in [5, 5.41) is 2.57. The van der Waals surface area contributed by atoms with Crippen molar-refractivity contribution in [1.29, 1.82) is 0 Å². The first-order valence-electron chi connectivity index (χ1n) is 12.7. The topological polar surface area (TPSA) is 20.5 Å². The maximum Gasteiger partial charge on any atom is 0.128 e. The maximum absolute atomic E-state index is 4.87. The van der Waals surface area contributed by atoms with Crippen LogP contribution in [0.3, 0.4) is 0 Å². The van der Waals surface area contributed by atoms with Crippen LogP contribution in [0.2, 0.25) is 0 Å². The molecule has 2 aliphatic rings. The fourth-order valence-electron chi connectivity index (χ4n) is 5.21. The van der Waals surface area contributed by atoms with Crippen molar-refractivity contribution >= 4 is 27.6 Å². The van der Waals surface area contributed by atoms with Crippen LogP contribution in [0.15, 0.2) is 139 Å². The summed E-state index contributed by atoms with van der Waals surface area (Å²) in [6.07, 6.45) is 10.0. The van der Waals surface area contributed by atoms with E-state index in [-0.39, 0.29) is 6.04 Å². The Morgan fingerprint density at radius 3 is 1.92 bits per heavy atom. The molecular formula is C34H29N3. The first-order valence-corrected chi connectivity index (χ1v) is 12.7. The van der Waals surface area contributed by atoms with Crippen LogP contribution in [0.1, 0.15) is 18.5 Å². The summed E-state index contributed by atoms with van der Waals surface area (Å²) < 4.78 is 2.36. The van der Waals surface area contributed by atoms with E-state index < -0.39 is 0 Å². The van der Waals surface area contributed by atoms with E-state index >= 15 is 0 Å². The quantitative estimate of drug-likeness (QED) is 0.238. The Labute approximate surface area is 218 Å². The Morgan fingerprint density at radius 1 is 0.757 bits per heavy atom. The Bertz CT molecular complexity index is 1610. The van der Waals surface area contributed by atoms with E-state index in [1.54, 1.807) is 6.08 Å². The standard InChI is InChI=1S/C31H23N3.C3H6/c1-3-9-29-26(7-1)27-8-2-4-10-30(27)34(29)25-18-16-23(17-19-25)22-12-14-24(15-13-22)28-21-33-20-6-5-11-31(33)32-28;1-3-2/h1-20,28H,21H2;3H,1H2,2H3. The Morgan fingerprint density at radius 2 is 1.32 bits per heavy atom. The number of allylic oxidation sites excluding steroid dienone is 3. The number of rotatable bonds is 3. The van der Waals surface area contributed by atoms with Crippen LogP contribution < -0.4 is 0 Å². The summed E-state index contributed by atoms with van der Waals surface area (Å²) in [5.74, 6) is 1.05. The van der Waals surface area contributed by atoms with Crippen molar-refractivity contribution in [2.75, 3.05) is 6.54 Å². The van der Waals surface area contributed by atoms with Gasteiger partial charge in [0, 0.05) is 22.7 Å². The van der Waals surface area contributed by atoms with Gasteiger partial charge in [0.25, 0.3) is 0 Å². The number of fused-ring (bicyclic) bond motifs is 4. The largest absolute Gasteiger partial charge is 0.331 e. The lowest BCUT2D eigenvalue weighted by molar-refractivity contribution is 0.550. The molecule has 0 spiro atoms. The minimum Gasteiger partial charge on any atom is -0.331 e. The van der Waals surface area contributed by atoms with Gasteiger partial charge in [-0.05, 0) is 60.0 Å². The number of para-hydroxylation sites is 2. The molecule has 5 aromatic rings. The highest BCUT2D eigenvalue weighted by molar-refractivity contribution is 6.09. The van der Waals surface area contributed by atoms with Gasteiger partial charge in [-0.25, -0.2) is 0 Å². The third-order valence-corrected chi connectivity index (χ3v) is 6.91. The average molecular weight is 480 g/mol. The number of hydrogen-bond acceptors (Lipinski definition) is 2. The van der Waals surface area contributed by atoms with Crippen molar-refractivity contribution in [2.45, 2.75) is 13.0 Å². The molecule has 0 N–H and O–H groups in total. The summed E-state index contributed by atoms with van der Waals surface area (Å²) in [7, 11) is 0. The molecule has 3 heterocycles. The summed E-state index contributed by atoms with van der Waals surface area (Å²) in [6, 6.07) is 35.2. The SMILES string of the molecule is C1=CC2=NC(c3ccc(-c4ccc(-n5c6ccccc6c6ccccc65)cc4)cc3)CN2C=C1.C=CC. The third-order valence-electron chi connectivity index (χ3n) is 6.91. The molecule has 0 radical (unpaired) electrons. The molecule has 1 aromatic heterocycles. The molecule has 37 heavy (non-hydrogen) atoms. The molecule has 180 valence electrons. The number of benzene rings is 4. The van der Waals surface area contributed by atoms with Gasteiger partial charge >= 0.3 is 0 Å². The molecule has 2 aliphatic heterocycles. The van der Waals surface area contributed by atoms with Gasteiger partial charge in [0.15, 0.2) is 0 Å². The van der Waals surface area contributed by atoms with Crippen molar-refractivity contribution in [3.05, 3.63) is 140 Å². The Kier molecular flexibility index (Phi) is 6.03. The second-order valence-electron chi connectivity index (χ2n) is 9.30. The first-order chi connectivity index (χ1) is 18.3. The summed E-state index contributed by atoms with van der Waals surface area (Å²) in [5.41, 5.74) is 7.35. The van der Waals surface area contributed by atoms with Gasteiger partial charge in [-0.1, -0.05) is 84.9 Å². The second-order valence-corrected chi connectivity index (χ2v) is 9.30. The zero-order valence-corrected chi connectivity index (χ0v) is 21.0. The lowest BCUT2D eigenvalue weighted by Crippen LogP contribution is -2.21. The fraction of sp³-hybridized carbons (Fsp3) is 0.0882. The van der Waals surface area contributed by atoms with Crippen molar-refractivity contribution in [1.82, 2.24) is 9.47 Å². The van der Waals surface area contributed by atoms with Gasteiger partial charge in [0.1, 0.15) is 5.84 Å². The van der Waals surface area contributed by atoms with Crippen molar-refractivity contribution in [3.8, 4) is 16.8 Å². The number of hydrogen-bond donors (Lipinski definition) is 0. The van der Waals surface area contributed by atoms with Gasteiger partial charge < -0.3 is 9.47 Å². The van der Waals surface area contributed by atoms with E-state index in [0.717, 1.165) is 12.4 Å². The van der Waals surface area contributed by atoms with E-state index in [4.69, 9.17) is 4.99 Å². The highest BCUT2D eigenvalue weighted by Crippen LogP contribution is 2.33. The number of nitrogens with zero attached hydrogens (tertiary/aromatic N) is 3. The van der Waals surface area contributed by atoms with Crippen LogP contribution in [0, 0.1) is 0 Å². The highest BCUT2D eigenvalue weighted by Gasteiger charge is 2.24. The Hall–Kier alpha value is -4.63. The van der Waals surface area contributed by atoms with Gasteiger partial charge in [-0.15, -0.1) is 6.58 Å². The molecule has 1 atom stereocenters. The molecule has 0 aliphatic carbocycles. The molecule has 0 fully saturated rings. The van der Waals surface area contributed by atoms with Gasteiger partial charge in [-0.2, -0.15) is 0 Å². The van der Waals surface area contributed by atoms with E-state index in [0.29, 0.717) is 0 Å². The number of aliphatic imine (C=N–C) groups is 1. The van der Waals surface area contributed by atoms with Crippen LogP contribution >= 0.6 is 0 Å². The highest BCUT2D eigenvalue weighted by atomic mass is 15.2. The van der Waals surface area contributed by atoms with E-state index in [2.05, 4.69) is 131 Å². The number of aromatic nitrogens is 1. The van der Waals surface area contributed by atoms with Crippen LogP contribution in [-0.2, 0) is 0 Å². The van der Waals surface area contributed by atoms with E-state index in [9.17, 15) is 0 Å². The van der Waals surface area contributed by atoms with Crippen LogP contribution in [0.4, 0.5) is 0 Å². The molecular weight excluding hydrogens is 450 g/mol. The average Bonchev–Trinajstić information content (AvgIpc) is 3.53. The molecule has 3 heteroatoms. The zero-order valence-electron chi connectivity index (χ0n) is 21.0. The molecule has 0 bridgehead atoms. The monoisotopic (exact) mass is 479 g/mol. The van der Waals surface area contributed by atoms with Crippen LogP contribution in [-0.4, -0.2) is 21.8 Å². The lowest BCUT2D eigenvalue weighted by Gasteiger charge is -2.16. The predicted octanol–water partition coefficient (Wildman–Crippen LogP) is 8.48. The Balaban J connectivity index is 0.000000804. The van der Waals surface area contributed by atoms with Crippen molar-refractivity contribution < 1.29 is 0 Å². The fourth-order valence-corrected chi connectivity index (χ4v) is 5.21. The number of amidine groups is 1. The van der Waals surface area contributed by atoms with E-state index in [1.165, 1.54) is 44.2 Å². The van der Waals surface area contributed by atoms with Crippen LogP contribution in [0.25, 0.3) is 38.6 Å². The smallest absolute Gasteiger partial charge is 0.128 e. The normalized spacial score (nSPS) is 15.9. The molecule has 7 rings (SSSR count). The van der Waals surface area contributed by atoms with Crippen molar-refractivity contribution in [2.24, 2.45) is 4.99 Å². The molecule has 1 unspecified atom stereocenters. The van der Waals surface area contributed by atoms with Gasteiger partial charge in [-0.3, -0.25) is 4.99 Å². The van der Waals surface area contributed by atoms with Crippen LogP contribution in [0.5, 0.6) is 0 Å². The molecule has 3 nitrogen and oxygen atoms in total. The van der Waals surface area contributed by atoms with Gasteiger partial charge in [0.2, 0.25) is 0 Å². The maximum atomic E-state index is 4.87. The summed E-state index contributed by atoms with van der Waals surface area (Å²) in [6.45, 7) is 6.16. The summed E-state index contributed by atoms with van der Waals surface area (Å²) >= 11 is 0. The third kappa shape index (κ3) is 4.19. The minimum atomic E-state index is 0.189. The minimum absolute atomic E-state index is 0.189. The van der Waals surface area contributed by atoms with Gasteiger partial charge in [0.05, 0.1) is 23.6 Å². The molecule has 0 amide bonds. The van der Waals surface area contributed by atoms with E-state index in [1.807, 2.05) is 13.0 Å². The molecule has 0 saturated heterocycles. The molecule has 0 saturated carbocycles. The molecule has 4 aromatic carbocycles. The zero-order chi connectivity index (χ0) is 25.2.